The maximum atomic E-state index is 13.8. The van der Waals surface area contributed by atoms with Crippen LogP contribution >= 0.6 is 0 Å². The molecule has 0 saturated heterocycles. The Bertz CT molecular complexity index is 836. The Labute approximate surface area is 125 Å². The number of aromatic carboxylic acids is 1. The van der Waals surface area contributed by atoms with Crippen molar-refractivity contribution >= 4 is 21.7 Å². The van der Waals surface area contributed by atoms with Crippen LogP contribution in [0, 0.1) is 11.6 Å². The van der Waals surface area contributed by atoms with Crippen molar-refractivity contribution in [1.29, 1.82) is 0 Å². The molecule has 2 rings (SSSR count). The molecule has 0 aliphatic heterocycles. The molecule has 0 spiro atoms. The van der Waals surface area contributed by atoms with E-state index in [-0.39, 0.29) is 11.3 Å². The van der Waals surface area contributed by atoms with Crippen LogP contribution in [0.1, 0.15) is 10.4 Å². The quantitative estimate of drug-likeness (QED) is 0.936. The molecule has 0 unspecified atom stereocenters. The van der Waals surface area contributed by atoms with Crippen molar-refractivity contribution in [2.45, 2.75) is 4.90 Å². The number of carboxylic acid groups (broad SMARTS) is 1. The first-order valence-corrected chi connectivity index (χ1v) is 7.45. The van der Waals surface area contributed by atoms with E-state index < -0.39 is 32.5 Å². The van der Waals surface area contributed by atoms with Crippen LogP contribution in [0.25, 0.3) is 0 Å². The first-order valence-electron chi connectivity index (χ1n) is 6.01. The van der Waals surface area contributed by atoms with Crippen LogP contribution in [-0.4, -0.2) is 26.5 Å². The standard InChI is InChI=1S/C14H11F2NO4S/c1-17(12-5-3-2-4-10(12)15)22(20,21)13-8-9(14(18)19)6-7-11(13)16/h2-8H,1H3,(H,18,19). The second-order valence-corrected chi connectivity index (χ2v) is 6.31. The highest BCUT2D eigenvalue weighted by Crippen LogP contribution is 2.26. The minimum absolute atomic E-state index is 0.275. The molecule has 0 aliphatic carbocycles. The number of nitrogens with zero attached hydrogens (tertiary/aromatic N) is 1. The molecule has 1 N–H and O–H groups in total. The number of hydrogen-bond acceptors (Lipinski definition) is 3. The molecule has 0 aliphatic rings. The van der Waals surface area contributed by atoms with Gasteiger partial charge in [0.05, 0.1) is 11.3 Å². The second kappa shape index (κ2) is 5.72. The third kappa shape index (κ3) is 2.77. The Hall–Kier alpha value is -2.48. The minimum atomic E-state index is -4.45. The van der Waals surface area contributed by atoms with E-state index in [1.165, 1.54) is 18.2 Å². The first kappa shape index (κ1) is 15.9. The lowest BCUT2D eigenvalue weighted by molar-refractivity contribution is 0.0696. The van der Waals surface area contributed by atoms with E-state index in [0.29, 0.717) is 10.4 Å². The Morgan fingerprint density at radius 3 is 2.32 bits per heavy atom. The van der Waals surface area contributed by atoms with Crippen LogP contribution in [0.4, 0.5) is 14.5 Å². The third-order valence-electron chi connectivity index (χ3n) is 3.01. The Morgan fingerprint density at radius 1 is 1.09 bits per heavy atom. The summed E-state index contributed by atoms with van der Waals surface area (Å²) in [7, 11) is -3.39. The largest absolute Gasteiger partial charge is 0.478 e. The van der Waals surface area contributed by atoms with E-state index in [9.17, 15) is 22.0 Å². The smallest absolute Gasteiger partial charge is 0.335 e. The lowest BCUT2D eigenvalue weighted by Crippen LogP contribution is -2.28. The van der Waals surface area contributed by atoms with Gasteiger partial charge in [-0.2, -0.15) is 0 Å². The van der Waals surface area contributed by atoms with E-state index in [1.807, 2.05) is 0 Å². The van der Waals surface area contributed by atoms with Gasteiger partial charge >= 0.3 is 5.97 Å². The number of rotatable bonds is 4. The second-order valence-electron chi connectivity index (χ2n) is 4.37. The Kier molecular flexibility index (Phi) is 4.14. The van der Waals surface area contributed by atoms with Crippen molar-refractivity contribution in [1.82, 2.24) is 0 Å². The van der Waals surface area contributed by atoms with Crippen molar-refractivity contribution in [2.75, 3.05) is 11.4 Å². The molecule has 116 valence electrons. The molecule has 0 radical (unpaired) electrons. The predicted octanol–water partition coefficient (Wildman–Crippen LogP) is 2.49. The molecule has 0 saturated carbocycles. The van der Waals surface area contributed by atoms with E-state index in [0.717, 1.165) is 25.2 Å². The van der Waals surface area contributed by atoms with Crippen molar-refractivity contribution in [3.05, 3.63) is 59.7 Å². The summed E-state index contributed by atoms with van der Waals surface area (Å²) in [5.74, 6) is -3.32. The maximum absolute atomic E-state index is 13.8. The highest BCUT2D eigenvalue weighted by atomic mass is 32.2. The summed E-state index contributed by atoms with van der Waals surface area (Å²) in [6.45, 7) is 0. The average molecular weight is 327 g/mol. The Morgan fingerprint density at radius 2 is 1.73 bits per heavy atom. The SMILES string of the molecule is CN(c1ccccc1F)S(=O)(=O)c1cc(C(=O)O)ccc1F. The van der Waals surface area contributed by atoms with Gasteiger partial charge in [-0.25, -0.2) is 22.0 Å². The van der Waals surface area contributed by atoms with E-state index in [4.69, 9.17) is 5.11 Å². The fourth-order valence-corrected chi connectivity index (χ4v) is 3.11. The summed E-state index contributed by atoms with van der Waals surface area (Å²) >= 11 is 0. The highest BCUT2D eigenvalue weighted by molar-refractivity contribution is 7.92. The van der Waals surface area contributed by atoms with E-state index in [2.05, 4.69) is 0 Å². The molecule has 0 heterocycles. The molecule has 0 bridgehead atoms. The van der Waals surface area contributed by atoms with Crippen LogP contribution in [0.3, 0.4) is 0 Å². The fourth-order valence-electron chi connectivity index (χ4n) is 1.82. The van der Waals surface area contributed by atoms with Crippen LogP contribution < -0.4 is 4.31 Å². The fraction of sp³-hybridized carbons (Fsp3) is 0.0714. The third-order valence-corrected chi connectivity index (χ3v) is 4.79. The number of sulfonamides is 1. The van der Waals surface area contributed by atoms with Gasteiger partial charge in [0.1, 0.15) is 16.5 Å². The normalized spacial score (nSPS) is 11.2. The number of hydrogen-bond donors (Lipinski definition) is 1. The van der Waals surface area contributed by atoms with Crippen LogP contribution in [0.2, 0.25) is 0 Å². The molecule has 0 aromatic heterocycles. The first-order chi connectivity index (χ1) is 10.2. The van der Waals surface area contributed by atoms with Crippen molar-refractivity contribution in [2.24, 2.45) is 0 Å². The van der Waals surface area contributed by atoms with E-state index in [1.54, 1.807) is 0 Å². The highest BCUT2D eigenvalue weighted by Gasteiger charge is 2.27. The number of carboxylic acids is 1. The lowest BCUT2D eigenvalue weighted by atomic mass is 10.2. The molecule has 2 aromatic carbocycles. The minimum Gasteiger partial charge on any atom is -0.478 e. The zero-order chi connectivity index (χ0) is 16.5. The molecule has 8 heteroatoms. The van der Waals surface area contributed by atoms with Crippen molar-refractivity contribution in [3.63, 3.8) is 0 Å². The monoisotopic (exact) mass is 327 g/mol. The average Bonchev–Trinajstić information content (AvgIpc) is 2.47. The predicted molar refractivity (Wildman–Crippen MR) is 75.3 cm³/mol. The zero-order valence-corrected chi connectivity index (χ0v) is 12.1. The molecule has 5 nitrogen and oxygen atoms in total. The summed E-state index contributed by atoms with van der Waals surface area (Å²) in [6, 6.07) is 7.46. The van der Waals surface area contributed by atoms with Crippen LogP contribution in [0.5, 0.6) is 0 Å². The molecule has 0 amide bonds. The number of anilines is 1. The van der Waals surface area contributed by atoms with Gasteiger partial charge < -0.3 is 5.11 Å². The lowest BCUT2D eigenvalue weighted by Gasteiger charge is -2.20. The van der Waals surface area contributed by atoms with Crippen LogP contribution in [-0.2, 0) is 10.0 Å². The molecule has 0 atom stereocenters. The summed E-state index contributed by atoms with van der Waals surface area (Å²) in [5.41, 5.74) is -0.662. The van der Waals surface area contributed by atoms with Gasteiger partial charge in [-0.1, -0.05) is 12.1 Å². The van der Waals surface area contributed by atoms with Gasteiger partial charge in [-0.3, -0.25) is 4.31 Å². The molecule has 0 fully saturated rings. The molecular formula is C14H11F2NO4S. The van der Waals surface area contributed by atoms with E-state index >= 15 is 0 Å². The summed E-state index contributed by atoms with van der Waals surface area (Å²) < 4.78 is 52.9. The molecule has 22 heavy (non-hydrogen) atoms. The summed E-state index contributed by atoms with van der Waals surface area (Å²) in [5, 5.41) is 8.87. The number of carbonyl (C=O) groups is 1. The maximum Gasteiger partial charge on any atom is 0.335 e. The molecule has 2 aromatic rings. The summed E-state index contributed by atoms with van der Waals surface area (Å²) in [4.78, 5) is 10.1. The van der Waals surface area contributed by atoms with Crippen molar-refractivity contribution in [3.8, 4) is 0 Å². The number of benzene rings is 2. The van der Waals surface area contributed by atoms with Gasteiger partial charge in [0.2, 0.25) is 0 Å². The van der Waals surface area contributed by atoms with Crippen LogP contribution in [0.15, 0.2) is 47.4 Å². The Balaban J connectivity index is 2.58. The van der Waals surface area contributed by atoms with Gasteiger partial charge in [-0.15, -0.1) is 0 Å². The van der Waals surface area contributed by atoms with Gasteiger partial charge in [0.25, 0.3) is 10.0 Å². The van der Waals surface area contributed by atoms with Gasteiger partial charge in [-0.05, 0) is 30.3 Å². The summed E-state index contributed by atoms with van der Waals surface area (Å²) in [6.07, 6.45) is 0. The van der Waals surface area contributed by atoms with Crippen molar-refractivity contribution < 1.29 is 27.1 Å². The topological polar surface area (TPSA) is 74.7 Å². The number of para-hydroxylation sites is 1. The van der Waals surface area contributed by atoms with Gasteiger partial charge in [0, 0.05) is 7.05 Å². The van der Waals surface area contributed by atoms with Gasteiger partial charge in [0.15, 0.2) is 0 Å². The molecular weight excluding hydrogens is 316 g/mol. The zero-order valence-electron chi connectivity index (χ0n) is 11.3. The number of halogens is 2.